The fraction of sp³-hybridized carbons (Fsp3) is 0.600. The molecule has 1 aromatic heterocycles. The molecule has 3 rings (SSSR count). The molecule has 1 amide bonds. The van der Waals surface area contributed by atoms with Crippen molar-refractivity contribution in [2.24, 2.45) is 11.3 Å². The molecular formula is C20H27N3O5. The first-order valence-electron chi connectivity index (χ1n) is 9.78. The Morgan fingerprint density at radius 1 is 1.32 bits per heavy atom. The first kappa shape index (κ1) is 20.1. The fourth-order valence-corrected chi connectivity index (χ4v) is 4.04. The van der Waals surface area contributed by atoms with Crippen LogP contribution in [-0.4, -0.2) is 21.4 Å². The van der Waals surface area contributed by atoms with E-state index in [-0.39, 0.29) is 29.8 Å². The molecule has 2 aromatic rings. The molecule has 0 saturated heterocycles. The molecule has 1 aliphatic rings. The van der Waals surface area contributed by atoms with Gasteiger partial charge in [-0.2, -0.15) is 0 Å². The highest BCUT2D eigenvalue weighted by atomic mass is 16.6. The molecule has 8 nitrogen and oxygen atoms in total. The quantitative estimate of drug-likeness (QED) is 0.600. The van der Waals surface area contributed by atoms with Gasteiger partial charge in [0.1, 0.15) is 6.54 Å². The molecular weight excluding hydrogens is 362 g/mol. The number of nitrogens with zero attached hydrogens (tertiary/aromatic N) is 2. The third-order valence-electron chi connectivity index (χ3n) is 6.27. The van der Waals surface area contributed by atoms with E-state index in [4.69, 9.17) is 4.42 Å². The summed E-state index contributed by atoms with van der Waals surface area (Å²) in [6, 6.07) is 4.04. The Kier molecular flexibility index (Phi) is 5.58. The van der Waals surface area contributed by atoms with Crippen molar-refractivity contribution < 1.29 is 14.1 Å². The maximum Gasteiger partial charge on any atom is 0.420 e. The summed E-state index contributed by atoms with van der Waals surface area (Å²) in [7, 11) is 0. The Bertz CT molecular complexity index is 935. The molecule has 1 saturated carbocycles. The van der Waals surface area contributed by atoms with Crippen LogP contribution in [0.4, 0.5) is 5.69 Å². The summed E-state index contributed by atoms with van der Waals surface area (Å²) in [5.74, 6) is -0.276. The second-order valence-electron chi connectivity index (χ2n) is 8.32. The summed E-state index contributed by atoms with van der Waals surface area (Å²) in [6.07, 6.45) is 5.19. The van der Waals surface area contributed by atoms with Crippen molar-refractivity contribution in [1.29, 1.82) is 0 Å². The van der Waals surface area contributed by atoms with E-state index in [0.717, 1.165) is 32.1 Å². The van der Waals surface area contributed by atoms with Crippen LogP contribution in [0.3, 0.4) is 0 Å². The number of nitrogens with one attached hydrogen (secondary N) is 1. The van der Waals surface area contributed by atoms with Crippen LogP contribution >= 0.6 is 0 Å². The van der Waals surface area contributed by atoms with Crippen molar-refractivity contribution in [3.8, 4) is 0 Å². The fourth-order valence-electron chi connectivity index (χ4n) is 4.04. The zero-order valence-electron chi connectivity index (χ0n) is 16.6. The van der Waals surface area contributed by atoms with Crippen LogP contribution in [0.1, 0.15) is 52.9 Å². The number of nitro groups is 1. The van der Waals surface area contributed by atoms with Crippen molar-refractivity contribution in [2.45, 2.75) is 65.5 Å². The minimum absolute atomic E-state index is 0.106. The van der Waals surface area contributed by atoms with Crippen molar-refractivity contribution in [3.05, 3.63) is 38.9 Å². The van der Waals surface area contributed by atoms with Gasteiger partial charge in [0, 0.05) is 12.1 Å². The van der Waals surface area contributed by atoms with Crippen LogP contribution in [0.5, 0.6) is 0 Å². The number of nitro benzene ring substituents is 1. The standard InChI is InChI=1S/C20H27N3O5/c1-4-20(2,3)13-5-7-14(8-6-13)21-18(24)12-22-16-10-9-15(23(26)27)11-17(16)28-19(22)25/h9-11,13-14H,4-8,12H2,1-3H3,(H,21,24). The van der Waals surface area contributed by atoms with Crippen molar-refractivity contribution in [3.63, 3.8) is 0 Å². The van der Waals surface area contributed by atoms with E-state index in [1.807, 2.05) is 0 Å². The predicted octanol–water partition coefficient (Wildman–Crippen LogP) is 3.61. The number of carbonyl (C=O) groups is 1. The summed E-state index contributed by atoms with van der Waals surface area (Å²) >= 11 is 0. The number of fused-ring (bicyclic) bond motifs is 1. The third-order valence-corrected chi connectivity index (χ3v) is 6.27. The van der Waals surface area contributed by atoms with Gasteiger partial charge in [0.05, 0.1) is 16.5 Å². The molecule has 1 heterocycles. The predicted molar refractivity (Wildman–Crippen MR) is 105 cm³/mol. The molecule has 1 aromatic carbocycles. The van der Waals surface area contributed by atoms with E-state index < -0.39 is 10.7 Å². The van der Waals surface area contributed by atoms with Crippen molar-refractivity contribution in [1.82, 2.24) is 9.88 Å². The highest BCUT2D eigenvalue weighted by Crippen LogP contribution is 2.40. The van der Waals surface area contributed by atoms with Gasteiger partial charge in [0.2, 0.25) is 5.91 Å². The van der Waals surface area contributed by atoms with Gasteiger partial charge in [-0.25, -0.2) is 4.79 Å². The maximum absolute atomic E-state index is 12.5. The first-order chi connectivity index (χ1) is 13.2. The number of non-ortho nitro benzene ring substituents is 1. The number of oxazole rings is 1. The topological polar surface area (TPSA) is 107 Å². The Labute approximate surface area is 163 Å². The van der Waals surface area contributed by atoms with Gasteiger partial charge < -0.3 is 9.73 Å². The SMILES string of the molecule is CCC(C)(C)C1CCC(NC(=O)Cn2c(=O)oc3cc([N+](=O)[O-])ccc32)CC1. The first-order valence-corrected chi connectivity index (χ1v) is 9.78. The van der Waals surface area contributed by atoms with Crippen LogP contribution in [0.25, 0.3) is 11.1 Å². The second kappa shape index (κ2) is 7.77. The maximum atomic E-state index is 12.5. The molecule has 0 unspecified atom stereocenters. The van der Waals surface area contributed by atoms with Gasteiger partial charge in [-0.1, -0.05) is 27.2 Å². The highest BCUT2D eigenvalue weighted by molar-refractivity contribution is 5.80. The van der Waals surface area contributed by atoms with E-state index in [1.165, 1.54) is 22.8 Å². The molecule has 152 valence electrons. The lowest BCUT2D eigenvalue weighted by Crippen LogP contribution is -2.41. The van der Waals surface area contributed by atoms with Gasteiger partial charge in [-0.15, -0.1) is 0 Å². The highest BCUT2D eigenvalue weighted by Gasteiger charge is 2.32. The summed E-state index contributed by atoms with van der Waals surface area (Å²) < 4.78 is 6.28. The molecule has 0 radical (unpaired) electrons. The molecule has 0 bridgehead atoms. The molecule has 1 aliphatic carbocycles. The Morgan fingerprint density at radius 2 is 2.00 bits per heavy atom. The zero-order valence-corrected chi connectivity index (χ0v) is 16.6. The molecule has 8 heteroatoms. The number of hydrogen-bond donors (Lipinski definition) is 1. The number of benzene rings is 1. The molecule has 0 atom stereocenters. The van der Waals surface area contributed by atoms with Gasteiger partial charge in [-0.3, -0.25) is 19.5 Å². The van der Waals surface area contributed by atoms with Gasteiger partial charge in [-0.05, 0) is 43.1 Å². The number of rotatable bonds is 6. The van der Waals surface area contributed by atoms with E-state index in [2.05, 4.69) is 26.1 Å². The minimum atomic E-state index is -0.695. The summed E-state index contributed by atoms with van der Waals surface area (Å²) in [5.41, 5.74) is 0.638. The second-order valence-corrected chi connectivity index (χ2v) is 8.32. The normalized spacial score (nSPS) is 20.2. The van der Waals surface area contributed by atoms with Crippen LogP contribution in [0.2, 0.25) is 0 Å². The lowest BCUT2D eigenvalue weighted by Gasteiger charge is -2.39. The molecule has 0 spiro atoms. The van der Waals surface area contributed by atoms with E-state index in [1.54, 1.807) is 0 Å². The smallest absolute Gasteiger partial charge is 0.407 e. The molecule has 0 aliphatic heterocycles. The summed E-state index contributed by atoms with van der Waals surface area (Å²) in [6.45, 7) is 6.66. The number of amides is 1. The zero-order chi connectivity index (χ0) is 20.5. The van der Waals surface area contributed by atoms with Gasteiger partial charge >= 0.3 is 5.76 Å². The van der Waals surface area contributed by atoms with E-state index in [0.29, 0.717) is 16.8 Å². The Balaban J connectivity index is 1.64. The third kappa shape index (κ3) is 4.10. The average molecular weight is 389 g/mol. The van der Waals surface area contributed by atoms with Crippen molar-refractivity contribution >= 4 is 22.7 Å². The number of aromatic nitrogens is 1. The van der Waals surface area contributed by atoms with Crippen molar-refractivity contribution in [2.75, 3.05) is 0 Å². The number of carbonyl (C=O) groups excluding carboxylic acids is 1. The molecule has 1 N–H and O–H groups in total. The summed E-state index contributed by atoms with van der Waals surface area (Å²) in [5, 5.41) is 13.9. The molecule has 28 heavy (non-hydrogen) atoms. The lowest BCUT2D eigenvalue weighted by molar-refractivity contribution is -0.384. The largest absolute Gasteiger partial charge is 0.420 e. The van der Waals surface area contributed by atoms with E-state index in [9.17, 15) is 19.7 Å². The average Bonchev–Trinajstić information content (AvgIpc) is 2.96. The monoisotopic (exact) mass is 389 g/mol. The van der Waals surface area contributed by atoms with Crippen LogP contribution in [-0.2, 0) is 11.3 Å². The van der Waals surface area contributed by atoms with Gasteiger partial charge in [0.15, 0.2) is 5.58 Å². The van der Waals surface area contributed by atoms with Crippen LogP contribution < -0.4 is 11.1 Å². The van der Waals surface area contributed by atoms with Crippen LogP contribution in [0, 0.1) is 21.4 Å². The lowest BCUT2D eigenvalue weighted by atomic mass is 9.69. The minimum Gasteiger partial charge on any atom is -0.407 e. The Hall–Kier alpha value is -2.64. The van der Waals surface area contributed by atoms with E-state index >= 15 is 0 Å². The van der Waals surface area contributed by atoms with Crippen LogP contribution in [0.15, 0.2) is 27.4 Å². The van der Waals surface area contributed by atoms with Gasteiger partial charge in [0.25, 0.3) is 5.69 Å². The number of hydrogen-bond acceptors (Lipinski definition) is 5. The Morgan fingerprint density at radius 3 is 2.61 bits per heavy atom. The molecule has 1 fully saturated rings. The summed E-state index contributed by atoms with van der Waals surface area (Å²) in [4.78, 5) is 34.8.